The van der Waals surface area contributed by atoms with Gasteiger partial charge >= 0.3 is 0 Å². The maximum absolute atomic E-state index is 2.25. The monoisotopic (exact) mass is 336 g/mol. The molecule has 0 N–H and O–H groups in total. The van der Waals surface area contributed by atoms with Crippen molar-refractivity contribution >= 4 is 10.8 Å². The van der Waals surface area contributed by atoms with Crippen molar-refractivity contribution in [2.24, 2.45) is 0 Å². The summed E-state index contributed by atoms with van der Waals surface area (Å²) in [6, 6.07) is 22.0. The first-order valence-corrected chi connectivity index (χ1v) is 10.0. The van der Waals surface area contributed by atoms with Gasteiger partial charge in [-0.2, -0.15) is 0 Å². The first-order chi connectivity index (χ1) is 12.4. The second kappa shape index (κ2) is 13.2. The van der Waals surface area contributed by atoms with Gasteiger partial charge in [0.05, 0.1) is 0 Å². The quantitative estimate of drug-likeness (QED) is 0.302. The van der Waals surface area contributed by atoms with Crippen molar-refractivity contribution < 1.29 is 0 Å². The molecule has 0 saturated carbocycles. The average Bonchev–Trinajstić information content (AvgIpc) is 2.74. The minimum Gasteiger partial charge on any atom is -0.0683 e. The highest BCUT2D eigenvalue weighted by atomic mass is 14.2. The zero-order valence-electron chi connectivity index (χ0n) is 17.5. The zero-order valence-corrected chi connectivity index (χ0v) is 17.5. The van der Waals surface area contributed by atoms with Crippen LogP contribution in [0, 0.1) is 0 Å². The molecule has 0 spiro atoms. The number of benzene rings is 3. The molecule has 0 radical (unpaired) electrons. The predicted molar refractivity (Wildman–Crippen MR) is 118 cm³/mol. The summed E-state index contributed by atoms with van der Waals surface area (Å²) in [5.41, 5.74) is 5.69. The highest BCUT2D eigenvalue weighted by Gasteiger charge is 2.16. The van der Waals surface area contributed by atoms with Crippen molar-refractivity contribution in [2.75, 3.05) is 0 Å². The Morgan fingerprint density at radius 3 is 1.60 bits per heavy atom. The van der Waals surface area contributed by atoms with Crippen LogP contribution < -0.4 is 0 Å². The third kappa shape index (κ3) is 5.19. The highest BCUT2D eigenvalue weighted by Crippen LogP contribution is 2.38. The summed E-state index contributed by atoms with van der Waals surface area (Å²) in [6.45, 7) is 16.0. The topological polar surface area (TPSA) is 0 Å². The van der Waals surface area contributed by atoms with Crippen LogP contribution in [0.3, 0.4) is 0 Å². The van der Waals surface area contributed by atoms with E-state index < -0.39 is 0 Å². The molecule has 0 unspecified atom stereocenters. The molecule has 0 fully saturated rings. The van der Waals surface area contributed by atoms with Gasteiger partial charge in [0.25, 0.3) is 0 Å². The largest absolute Gasteiger partial charge is 0.0683 e. The Morgan fingerprint density at radius 2 is 0.960 bits per heavy atom. The third-order valence-electron chi connectivity index (χ3n) is 3.68. The van der Waals surface area contributed by atoms with Gasteiger partial charge in [0.2, 0.25) is 0 Å². The molecule has 136 valence electrons. The van der Waals surface area contributed by atoms with Crippen molar-refractivity contribution in [2.45, 2.75) is 61.8 Å². The molecule has 0 atom stereocenters. The van der Waals surface area contributed by atoms with Crippen LogP contribution in [-0.4, -0.2) is 0 Å². The molecule has 4 rings (SSSR count). The maximum Gasteiger partial charge on any atom is -0.00132 e. The van der Waals surface area contributed by atoms with E-state index in [4.69, 9.17) is 0 Å². The Hall–Kier alpha value is -2.08. The van der Waals surface area contributed by atoms with E-state index in [-0.39, 0.29) is 0 Å². The van der Waals surface area contributed by atoms with E-state index in [1.165, 1.54) is 33.0 Å². The SMILES string of the molecule is CC.CC.CC.CC.c1ccc2c(c1)Cc1cccc3cccc-2c13. The van der Waals surface area contributed by atoms with Gasteiger partial charge in [0, 0.05) is 0 Å². The van der Waals surface area contributed by atoms with Crippen LogP contribution in [0.2, 0.25) is 0 Å². The molecule has 3 aromatic rings. The lowest BCUT2D eigenvalue weighted by atomic mass is 9.84. The molecule has 0 amide bonds. The van der Waals surface area contributed by atoms with Gasteiger partial charge in [-0.3, -0.25) is 0 Å². The average molecular weight is 337 g/mol. The van der Waals surface area contributed by atoms with Crippen LogP contribution in [0.25, 0.3) is 21.9 Å². The maximum atomic E-state index is 2.25. The second-order valence-corrected chi connectivity index (χ2v) is 4.65. The third-order valence-corrected chi connectivity index (χ3v) is 3.68. The van der Waals surface area contributed by atoms with Crippen LogP contribution in [0.5, 0.6) is 0 Å². The first kappa shape index (κ1) is 22.9. The normalized spacial score (nSPS) is 9.44. The van der Waals surface area contributed by atoms with Crippen LogP contribution in [0.4, 0.5) is 0 Å². The smallest absolute Gasteiger partial charge is 0.00132 e. The van der Waals surface area contributed by atoms with E-state index >= 15 is 0 Å². The van der Waals surface area contributed by atoms with Crippen molar-refractivity contribution in [3.05, 3.63) is 71.8 Å². The first-order valence-electron chi connectivity index (χ1n) is 10.0. The Labute approximate surface area is 155 Å². The Kier molecular flexibility index (Phi) is 12.1. The van der Waals surface area contributed by atoms with Gasteiger partial charge in [-0.25, -0.2) is 0 Å². The Balaban J connectivity index is 0.000000642. The molecule has 25 heavy (non-hydrogen) atoms. The lowest BCUT2D eigenvalue weighted by Crippen LogP contribution is -2.00. The van der Waals surface area contributed by atoms with Gasteiger partial charge < -0.3 is 0 Å². The Bertz CT molecular complexity index is 718. The fraction of sp³-hybridized carbons (Fsp3) is 0.360. The predicted octanol–water partition coefficient (Wildman–Crippen LogP) is 8.52. The van der Waals surface area contributed by atoms with Crippen LogP contribution in [-0.2, 0) is 6.42 Å². The zero-order chi connectivity index (χ0) is 19.2. The van der Waals surface area contributed by atoms with Gasteiger partial charge in [-0.1, -0.05) is 116 Å². The highest BCUT2D eigenvalue weighted by molar-refractivity contribution is 6.01. The standard InChI is InChI=1S/C17H12.4C2H6/c1-2-9-15-13(5-1)11-14-8-3-6-12-7-4-10-16(15)17(12)14;4*1-2/h1-10H,11H2;4*1-2H3. The van der Waals surface area contributed by atoms with E-state index in [9.17, 15) is 0 Å². The Morgan fingerprint density at radius 1 is 0.480 bits per heavy atom. The van der Waals surface area contributed by atoms with E-state index in [1.807, 2.05) is 55.4 Å². The van der Waals surface area contributed by atoms with E-state index in [2.05, 4.69) is 60.7 Å². The molecular formula is C25H36. The second-order valence-electron chi connectivity index (χ2n) is 4.65. The molecule has 0 nitrogen and oxygen atoms in total. The van der Waals surface area contributed by atoms with E-state index in [0.29, 0.717) is 0 Å². The van der Waals surface area contributed by atoms with Gasteiger partial charge in [-0.05, 0) is 39.4 Å². The molecule has 1 aliphatic carbocycles. The summed E-state index contributed by atoms with van der Waals surface area (Å²) in [4.78, 5) is 0. The lowest BCUT2D eigenvalue weighted by molar-refractivity contribution is 1.20. The molecule has 0 aliphatic heterocycles. The number of hydrogen-bond donors (Lipinski definition) is 0. The minimum atomic E-state index is 1.06. The minimum absolute atomic E-state index is 1.06. The van der Waals surface area contributed by atoms with E-state index in [1.54, 1.807) is 0 Å². The van der Waals surface area contributed by atoms with Gasteiger partial charge in [0.1, 0.15) is 0 Å². The van der Waals surface area contributed by atoms with Crippen molar-refractivity contribution in [1.82, 2.24) is 0 Å². The molecule has 0 bridgehead atoms. The fourth-order valence-corrected chi connectivity index (χ4v) is 2.93. The molecule has 3 aromatic carbocycles. The molecule has 1 aliphatic rings. The number of hydrogen-bond acceptors (Lipinski definition) is 0. The van der Waals surface area contributed by atoms with Gasteiger partial charge in [-0.15, -0.1) is 0 Å². The molecule has 0 heteroatoms. The van der Waals surface area contributed by atoms with Crippen LogP contribution in [0.1, 0.15) is 66.5 Å². The number of rotatable bonds is 0. The summed E-state index contributed by atoms with van der Waals surface area (Å²) in [6.07, 6.45) is 1.06. The summed E-state index contributed by atoms with van der Waals surface area (Å²) in [5, 5.41) is 2.79. The molecule has 0 heterocycles. The van der Waals surface area contributed by atoms with Crippen molar-refractivity contribution in [3.8, 4) is 11.1 Å². The summed E-state index contributed by atoms with van der Waals surface area (Å²) in [5.74, 6) is 0. The summed E-state index contributed by atoms with van der Waals surface area (Å²) >= 11 is 0. The van der Waals surface area contributed by atoms with E-state index in [0.717, 1.165) is 6.42 Å². The van der Waals surface area contributed by atoms with Crippen LogP contribution in [0.15, 0.2) is 60.7 Å². The molecule has 0 aromatic heterocycles. The molecule has 0 saturated heterocycles. The van der Waals surface area contributed by atoms with Crippen molar-refractivity contribution in [1.29, 1.82) is 0 Å². The fourth-order valence-electron chi connectivity index (χ4n) is 2.93. The van der Waals surface area contributed by atoms with Gasteiger partial charge in [0.15, 0.2) is 0 Å². The molecular weight excluding hydrogens is 300 g/mol. The number of fused-ring (bicyclic) bond motifs is 2. The summed E-state index contributed by atoms with van der Waals surface area (Å²) in [7, 11) is 0. The lowest BCUT2D eigenvalue weighted by Gasteiger charge is -2.20. The van der Waals surface area contributed by atoms with Crippen LogP contribution >= 0.6 is 0 Å². The van der Waals surface area contributed by atoms with Crippen molar-refractivity contribution in [3.63, 3.8) is 0 Å². The summed E-state index contributed by atoms with van der Waals surface area (Å²) < 4.78 is 0.